The number of hydrogen-bond acceptors (Lipinski definition) is 5. The van der Waals surface area contributed by atoms with Crippen molar-refractivity contribution in [2.45, 2.75) is 0 Å². The summed E-state index contributed by atoms with van der Waals surface area (Å²) in [5.74, 6) is 0.241. The Labute approximate surface area is 110 Å². The number of rotatable bonds is 3. The van der Waals surface area contributed by atoms with E-state index >= 15 is 0 Å². The number of nitriles is 2. The lowest BCUT2D eigenvalue weighted by atomic mass is 10.2. The third-order valence-electron chi connectivity index (χ3n) is 2.39. The number of hydrogen-bond donors (Lipinski definition) is 2. The predicted octanol–water partition coefficient (Wildman–Crippen LogP) is 1.61. The van der Waals surface area contributed by atoms with Crippen LogP contribution in [-0.2, 0) is 0 Å². The van der Waals surface area contributed by atoms with Crippen LogP contribution in [0, 0.1) is 22.7 Å². The van der Waals surface area contributed by atoms with Gasteiger partial charge in [0.15, 0.2) is 0 Å². The lowest BCUT2D eigenvalue weighted by molar-refractivity contribution is 0.965. The van der Waals surface area contributed by atoms with Crippen LogP contribution in [0.2, 0.25) is 0 Å². The number of imidazole rings is 1. The van der Waals surface area contributed by atoms with E-state index < -0.39 is 0 Å². The van der Waals surface area contributed by atoms with Crippen LogP contribution in [0.1, 0.15) is 0 Å². The van der Waals surface area contributed by atoms with E-state index in [1.165, 1.54) is 10.9 Å². The molecule has 0 radical (unpaired) electrons. The standard InChI is InChI=1S/C13H10N6/c14-6-10(7-15)8-17-19-9-12(18-13(19)16)11-4-2-1-3-5-11/h1-5,8-9,17H,(H2,16,18). The minimum Gasteiger partial charge on any atom is -0.368 e. The molecule has 0 aliphatic carbocycles. The zero-order valence-corrected chi connectivity index (χ0v) is 9.91. The Bertz CT molecular complexity index is 668. The van der Waals surface area contributed by atoms with Gasteiger partial charge in [-0.2, -0.15) is 10.5 Å². The molecule has 1 heterocycles. The molecule has 0 saturated carbocycles. The monoisotopic (exact) mass is 250 g/mol. The molecule has 0 amide bonds. The van der Waals surface area contributed by atoms with Crippen LogP contribution in [0.5, 0.6) is 0 Å². The van der Waals surface area contributed by atoms with Crippen LogP contribution < -0.4 is 11.2 Å². The van der Waals surface area contributed by atoms with E-state index in [-0.39, 0.29) is 11.5 Å². The highest BCUT2D eigenvalue weighted by Crippen LogP contribution is 2.18. The van der Waals surface area contributed by atoms with Crippen molar-refractivity contribution in [1.82, 2.24) is 9.66 Å². The van der Waals surface area contributed by atoms with Gasteiger partial charge >= 0.3 is 0 Å². The average molecular weight is 250 g/mol. The summed E-state index contributed by atoms with van der Waals surface area (Å²) in [6.07, 6.45) is 2.96. The van der Waals surface area contributed by atoms with Gasteiger partial charge in [0.1, 0.15) is 17.7 Å². The van der Waals surface area contributed by atoms with Gasteiger partial charge in [-0.25, -0.2) is 9.66 Å². The Balaban J connectivity index is 2.26. The second kappa shape index (κ2) is 5.39. The highest BCUT2D eigenvalue weighted by atomic mass is 15.4. The topological polar surface area (TPSA) is 103 Å². The van der Waals surface area contributed by atoms with E-state index in [4.69, 9.17) is 16.3 Å². The summed E-state index contributed by atoms with van der Waals surface area (Å²) in [5.41, 5.74) is 10.1. The summed E-state index contributed by atoms with van der Waals surface area (Å²) in [6.45, 7) is 0. The molecule has 1 aromatic carbocycles. The van der Waals surface area contributed by atoms with E-state index in [0.717, 1.165) is 5.56 Å². The van der Waals surface area contributed by atoms with E-state index in [0.29, 0.717) is 5.69 Å². The summed E-state index contributed by atoms with van der Waals surface area (Å²) < 4.78 is 1.44. The molecule has 3 N–H and O–H groups in total. The van der Waals surface area contributed by atoms with Crippen LogP contribution >= 0.6 is 0 Å². The number of nitrogens with one attached hydrogen (secondary N) is 1. The van der Waals surface area contributed by atoms with Crippen LogP contribution in [0.3, 0.4) is 0 Å². The minimum atomic E-state index is -0.0469. The van der Waals surface area contributed by atoms with Gasteiger partial charge in [-0.15, -0.1) is 0 Å². The van der Waals surface area contributed by atoms with Crippen molar-refractivity contribution in [1.29, 1.82) is 10.5 Å². The summed E-state index contributed by atoms with van der Waals surface area (Å²) in [4.78, 5) is 4.19. The third-order valence-corrected chi connectivity index (χ3v) is 2.39. The molecule has 0 unspecified atom stereocenters. The number of aromatic nitrogens is 2. The Kier molecular flexibility index (Phi) is 3.46. The molecule has 19 heavy (non-hydrogen) atoms. The van der Waals surface area contributed by atoms with Crippen LogP contribution in [0.4, 0.5) is 5.95 Å². The molecule has 0 spiro atoms. The normalized spacial score (nSPS) is 9.16. The number of nitrogens with two attached hydrogens (primary N) is 1. The van der Waals surface area contributed by atoms with Gasteiger partial charge in [0, 0.05) is 11.8 Å². The molecule has 1 aromatic heterocycles. The Morgan fingerprint density at radius 2 is 1.95 bits per heavy atom. The zero-order chi connectivity index (χ0) is 13.7. The Morgan fingerprint density at radius 3 is 2.58 bits per heavy atom. The Morgan fingerprint density at radius 1 is 1.26 bits per heavy atom. The van der Waals surface area contributed by atoms with Gasteiger partial charge in [0.05, 0.1) is 11.9 Å². The van der Waals surface area contributed by atoms with Crippen molar-refractivity contribution in [3.05, 3.63) is 48.3 Å². The fourth-order valence-corrected chi connectivity index (χ4v) is 1.47. The van der Waals surface area contributed by atoms with Crippen LogP contribution in [0.15, 0.2) is 48.3 Å². The molecule has 0 saturated heterocycles. The molecule has 2 rings (SSSR count). The molecule has 6 heteroatoms. The first kappa shape index (κ1) is 12.2. The van der Waals surface area contributed by atoms with Gasteiger partial charge in [-0.05, 0) is 0 Å². The maximum absolute atomic E-state index is 8.62. The van der Waals surface area contributed by atoms with Gasteiger partial charge in [-0.1, -0.05) is 30.3 Å². The zero-order valence-electron chi connectivity index (χ0n) is 9.91. The second-order valence-corrected chi connectivity index (χ2v) is 3.63. The van der Waals surface area contributed by atoms with Crippen LogP contribution in [-0.4, -0.2) is 9.66 Å². The quantitative estimate of drug-likeness (QED) is 0.805. The number of nitrogens with zero attached hydrogens (tertiary/aromatic N) is 4. The van der Waals surface area contributed by atoms with E-state index in [9.17, 15) is 0 Å². The van der Waals surface area contributed by atoms with Crippen molar-refractivity contribution in [2.24, 2.45) is 0 Å². The lowest BCUT2D eigenvalue weighted by Crippen LogP contribution is -2.10. The van der Waals surface area contributed by atoms with E-state index in [1.54, 1.807) is 18.3 Å². The molecule has 6 nitrogen and oxygen atoms in total. The number of nitrogen functional groups attached to an aromatic ring is 1. The predicted molar refractivity (Wildman–Crippen MR) is 70.7 cm³/mol. The molecular weight excluding hydrogens is 240 g/mol. The molecule has 2 aromatic rings. The van der Waals surface area contributed by atoms with E-state index in [2.05, 4.69) is 10.4 Å². The molecule has 0 atom stereocenters. The number of benzene rings is 1. The molecule has 0 aliphatic heterocycles. The molecule has 92 valence electrons. The fraction of sp³-hybridized carbons (Fsp3) is 0. The Hall–Kier alpha value is -3.25. The highest BCUT2D eigenvalue weighted by Gasteiger charge is 2.05. The van der Waals surface area contributed by atoms with Crippen molar-refractivity contribution in [3.63, 3.8) is 0 Å². The third kappa shape index (κ3) is 2.71. The maximum Gasteiger partial charge on any atom is 0.220 e. The summed E-state index contributed by atoms with van der Waals surface area (Å²) in [6, 6.07) is 13.0. The lowest BCUT2D eigenvalue weighted by Gasteiger charge is -2.01. The summed E-state index contributed by atoms with van der Waals surface area (Å²) >= 11 is 0. The smallest absolute Gasteiger partial charge is 0.220 e. The highest BCUT2D eigenvalue weighted by molar-refractivity contribution is 5.60. The molecule has 0 fully saturated rings. The van der Waals surface area contributed by atoms with Crippen LogP contribution in [0.25, 0.3) is 11.3 Å². The fourth-order valence-electron chi connectivity index (χ4n) is 1.47. The van der Waals surface area contributed by atoms with Gasteiger partial charge in [0.25, 0.3) is 0 Å². The first-order valence-corrected chi connectivity index (χ1v) is 5.42. The molecule has 0 bridgehead atoms. The average Bonchev–Trinajstić information content (AvgIpc) is 2.82. The van der Waals surface area contributed by atoms with Gasteiger partial charge in [-0.3, -0.25) is 5.43 Å². The minimum absolute atomic E-state index is 0.0469. The van der Waals surface area contributed by atoms with Crippen molar-refractivity contribution >= 4 is 5.95 Å². The van der Waals surface area contributed by atoms with Crippen molar-refractivity contribution in [2.75, 3.05) is 11.2 Å². The van der Waals surface area contributed by atoms with Gasteiger partial charge in [0.2, 0.25) is 5.95 Å². The molecule has 0 aliphatic rings. The SMILES string of the molecule is N#CC(C#N)=CNn1cc(-c2ccccc2)nc1N. The first-order valence-electron chi connectivity index (χ1n) is 5.42. The summed E-state index contributed by atoms with van der Waals surface area (Å²) in [5, 5.41) is 17.2. The number of anilines is 1. The largest absolute Gasteiger partial charge is 0.368 e. The van der Waals surface area contributed by atoms with Crippen molar-refractivity contribution in [3.8, 4) is 23.4 Å². The first-order chi connectivity index (χ1) is 9.24. The summed E-state index contributed by atoms with van der Waals surface area (Å²) in [7, 11) is 0. The van der Waals surface area contributed by atoms with Crippen molar-refractivity contribution < 1.29 is 0 Å². The van der Waals surface area contributed by atoms with E-state index in [1.807, 2.05) is 30.3 Å². The maximum atomic E-state index is 8.62. The number of allylic oxidation sites excluding steroid dienone is 1. The van der Waals surface area contributed by atoms with Gasteiger partial charge < -0.3 is 5.73 Å². The molecular formula is C13H10N6. The second-order valence-electron chi connectivity index (χ2n) is 3.63.